The summed E-state index contributed by atoms with van der Waals surface area (Å²) in [5.41, 5.74) is 5.14. The molecule has 3 heteroatoms. The number of carboxylic acid groups (broad SMARTS) is 1. The number of aliphatic carboxylic acids is 1. The predicted molar refractivity (Wildman–Crippen MR) is 35.1 cm³/mol. The van der Waals surface area contributed by atoms with Crippen molar-refractivity contribution in [3.05, 3.63) is 0 Å². The standard InChI is InChI=1S/C6H13NO2/c1-4(2)3-5(7)6(8)9/h4-5H,3,7H2,1-2H3,(H,8,9)/t5-/m0/s1/i3+0D,4+1D,5+1,6+1,7+1/t3?,5-. The Morgan fingerprint density at radius 2 is 2.44 bits per heavy atom. The van der Waals surface area contributed by atoms with Gasteiger partial charge in [-0.1, -0.05) is 13.8 Å². The number of carbonyl (C=O) groups is 1. The summed E-state index contributed by atoms with van der Waals surface area (Å²) in [6.07, 6.45) is -1.10. The van der Waals surface area contributed by atoms with Crippen molar-refractivity contribution in [2.75, 3.05) is 0 Å². The van der Waals surface area contributed by atoms with Crippen molar-refractivity contribution in [3.63, 3.8) is 0 Å². The molecule has 0 bridgehead atoms. The van der Waals surface area contributed by atoms with Crippen LogP contribution >= 0.6 is 0 Å². The average molecular weight is 137 g/mol. The van der Waals surface area contributed by atoms with Crippen LogP contribution < -0.4 is 5.73 Å². The molecule has 3 N–H and O–H groups in total. The lowest BCUT2D eigenvalue weighted by Gasteiger charge is -2.07. The van der Waals surface area contributed by atoms with Crippen LogP contribution in [0.25, 0.3) is 0 Å². The van der Waals surface area contributed by atoms with Gasteiger partial charge >= 0.3 is 5.97 Å². The van der Waals surface area contributed by atoms with Gasteiger partial charge in [-0.15, -0.1) is 0 Å². The van der Waals surface area contributed by atoms with E-state index in [0.717, 1.165) is 0 Å². The van der Waals surface area contributed by atoms with E-state index >= 15 is 0 Å². The van der Waals surface area contributed by atoms with Gasteiger partial charge in [0.05, 0.1) is 0 Å². The van der Waals surface area contributed by atoms with Crippen LogP contribution in [-0.2, 0) is 4.79 Å². The lowest BCUT2D eigenvalue weighted by Crippen LogP contribution is -2.31. The van der Waals surface area contributed by atoms with E-state index in [0.29, 0.717) is 0 Å². The molecule has 0 saturated carbocycles. The summed E-state index contributed by atoms with van der Waals surface area (Å²) < 4.78 is 14.6. The van der Waals surface area contributed by atoms with E-state index in [2.05, 4.69) is 0 Å². The maximum atomic E-state index is 10.3. The topological polar surface area (TPSA) is 63.3 Å². The van der Waals surface area contributed by atoms with Gasteiger partial charge in [-0.3, -0.25) is 4.79 Å². The highest BCUT2D eigenvalue weighted by molar-refractivity contribution is 5.72. The molecular formula is C6H13NO2. The lowest BCUT2D eigenvalue weighted by molar-refractivity contribution is -0.138. The lowest BCUT2D eigenvalue weighted by atomic mass is 10.5. The Balaban J connectivity index is 4.25. The third kappa shape index (κ3) is 3.97. The van der Waals surface area contributed by atoms with Gasteiger partial charge in [-0.05, 0) is 12.3 Å². The molecule has 0 saturated heterocycles. The van der Waals surface area contributed by atoms with Crippen LogP contribution in [0.3, 0.4) is 0 Å². The summed E-state index contributed by atoms with van der Waals surface area (Å²) in [7, 11) is 0. The molecule has 0 aromatic rings. The maximum absolute atomic E-state index is 10.3. The minimum Gasteiger partial charge on any atom is -0.480 e. The first-order chi connectivity index (χ1) is 4.76. The van der Waals surface area contributed by atoms with Gasteiger partial charge in [0.15, 0.2) is 0 Å². The van der Waals surface area contributed by atoms with E-state index in [9.17, 15) is 4.79 Å². The highest BCUT2D eigenvalue weighted by Gasteiger charge is 2.11. The van der Waals surface area contributed by atoms with Crippen LogP contribution in [0.2, 0.25) is 0 Å². The van der Waals surface area contributed by atoms with Crippen molar-refractivity contribution in [1.29, 1.82) is 0 Å². The fraction of sp³-hybridized carbons (Fsp3) is 0.833. The van der Waals surface area contributed by atoms with Crippen molar-refractivity contribution in [1.82, 2.24) is 0 Å². The van der Waals surface area contributed by atoms with E-state index in [4.69, 9.17) is 13.6 Å². The minimum atomic E-state index is -1.28. The Morgan fingerprint density at radius 3 is 2.56 bits per heavy atom. The highest BCUT2D eigenvalue weighted by Crippen LogP contribution is 2.01. The summed E-state index contributed by atoms with van der Waals surface area (Å²) in [4.78, 5) is 10.3. The van der Waals surface area contributed by atoms with E-state index in [1.54, 1.807) is 0 Å². The molecule has 0 heterocycles. The van der Waals surface area contributed by atoms with Gasteiger partial charge in [0, 0.05) is 2.74 Å². The van der Waals surface area contributed by atoms with Crippen molar-refractivity contribution >= 4 is 5.97 Å². The van der Waals surface area contributed by atoms with Crippen LogP contribution in [-0.4, -0.2) is 17.1 Å². The van der Waals surface area contributed by atoms with Crippen LogP contribution in [0, 0.1) is 5.89 Å². The Labute approximate surface area is 57.7 Å². The molecule has 2 atom stereocenters. The highest BCUT2D eigenvalue weighted by atomic mass is 16.5. The molecule has 0 aliphatic rings. The molecule has 0 aromatic heterocycles. The van der Waals surface area contributed by atoms with Gasteiger partial charge in [0.2, 0.25) is 0 Å². The Morgan fingerprint density at radius 1 is 2.00 bits per heavy atom. The summed E-state index contributed by atoms with van der Waals surface area (Å²) in [6, 6.07) is -1.28. The van der Waals surface area contributed by atoms with E-state index in [-0.39, 0.29) is 0 Å². The molecule has 0 radical (unpaired) electrons. The second-order valence-corrected chi connectivity index (χ2v) is 2.11. The first kappa shape index (κ1) is 5.23. The largest absolute Gasteiger partial charge is 0.480 e. The monoisotopic (exact) mass is 137 g/mol. The molecule has 0 fully saturated rings. The van der Waals surface area contributed by atoms with Gasteiger partial charge < -0.3 is 10.8 Å². The van der Waals surface area contributed by atoms with Crippen LogP contribution in [0.4, 0.5) is 0 Å². The van der Waals surface area contributed by atoms with Crippen LogP contribution in [0.5, 0.6) is 0 Å². The first-order valence-corrected chi connectivity index (χ1v) is 2.67. The molecule has 0 aromatic carbocycles. The molecule has 0 rings (SSSR count). The number of hydrogen-bond donors (Lipinski definition) is 2. The summed E-state index contributed by atoms with van der Waals surface area (Å²) in [6.45, 7) is 2.93. The third-order valence-electron chi connectivity index (χ3n) is 0.798. The summed E-state index contributed by atoms with van der Waals surface area (Å²) in [5, 5.41) is 8.39. The van der Waals surface area contributed by atoms with Crippen molar-refractivity contribution < 1.29 is 12.6 Å². The molecule has 54 valence electrons. The van der Waals surface area contributed by atoms with Gasteiger partial charge in [0.25, 0.3) is 0 Å². The number of nitrogens with two attached hydrogens (primary N) is 1. The Kier molecular flexibility index (Phi) is 2.01. The number of rotatable bonds is 3. The number of hydrogen-bond acceptors (Lipinski definition) is 2. The SMILES string of the molecule is [2H][12CH]([13C@H]([15NH2])[13C](=O)O)[13C]([2H])(C)C. The molecule has 3 nitrogen and oxygen atoms in total. The Hall–Kier alpha value is -0.570. The van der Waals surface area contributed by atoms with E-state index in [1.165, 1.54) is 13.8 Å². The summed E-state index contributed by atoms with van der Waals surface area (Å²) in [5.74, 6) is -2.36. The molecule has 0 amide bonds. The quantitative estimate of drug-likeness (QED) is 0.438. The van der Waals surface area contributed by atoms with Gasteiger partial charge in [-0.25, -0.2) is 0 Å². The van der Waals surface area contributed by atoms with Crippen molar-refractivity contribution in [2.24, 2.45) is 11.6 Å². The van der Waals surface area contributed by atoms with Crippen molar-refractivity contribution in [3.8, 4) is 0 Å². The zero-order chi connectivity index (χ0) is 9.23. The molecule has 0 spiro atoms. The molecular weight excluding hydrogens is 122 g/mol. The normalized spacial score (nSPS) is 21.7. The average Bonchev–Trinajstić information content (AvgIpc) is 1.82. The number of carboxylic acids is 1. The minimum absolute atomic E-state index is 1.10. The summed E-state index contributed by atoms with van der Waals surface area (Å²) >= 11 is 0. The zero-order valence-electron chi connectivity index (χ0n) is 7.59. The molecule has 9 heavy (non-hydrogen) atoms. The fourth-order valence-electron chi connectivity index (χ4n) is 0.430. The third-order valence-corrected chi connectivity index (χ3v) is 0.798. The molecule has 1 unspecified atom stereocenters. The predicted octanol–water partition coefficient (Wildman–Crippen LogP) is 0.444. The molecule has 0 aliphatic carbocycles. The maximum Gasteiger partial charge on any atom is 0.320 e. The van der Waals surface area contributed by atoms with Crippen LogP contribution in [0.1, 0.15) is 23.0 Å². The van der Waals surface area contributed by atoms with E-state index < -0.39 is 24.3 Å². The van der Waals surface area contributed by atoms with Crippen molar-refractivity contribution in [2.45, 2.75) is 26.3 Å². The smallest absolute Gasteiger partial charge is 0.320 e. The zero-order valence-corrected chi connectivity index (χ0v) is 5.59. The second-order valence-electron chi connectivity index (χ2n) is 2.11. The van der Waals surface area contributed by atoms with Gasteiger partial charge in [0.1, 0.15) is 6.04 Å². The molecule has 0 aliphatic heterocycles. The fourth-order valence-corrected chi connectivity index (χ4v) is 0.430. The second kappa shape index (κ2) is 3.45. The first-order valence-electron chi connectivity index (χ1n) is 3.75. The van der Waals surface area contributed by atoms with Gasteiger partial charge in [-0.2, -0.15) is 0 Å². The van der Waals surface area contributed by atoms with E-state index in [1.807, 2.05) is 0 Å². The Bertz CT molecular complexity index is 155. The van der Waals surface area contributed by atoms with Crippen LogP contribution in [0.15, 0.2) is 0 Å².